The molecule has 0 bridgehead atoms. The summed E-state index contributed by atoms with van der Waals surface area (Å²) >= 11 is 5.73. The number of hydrogen-bond donors (Lipinski definition) is 3. The zero-order chi connectivity index (χ0) is 26.9. The average Bonchev–Trinajstić information content (AvgIpc) is 3.36. The maximum absolute atomic E-state index is 13.5. The highest BCUT2D eigenvalue weighted by molar-refractivity contribution is 7.92. The molecule has 0 fully saturated rings. The molecule has 9 heteroatoms. The van der Waals surface area contributed by atoms with E-state index >= 15 is 0 Å². The first-order valence-corrected chi connectivity index (χ1v) is 13.1. The second kappa shape index (κ2) is 10.1. The predicted molar refractivity (Wildman–Crippen MR) is 145 cm³/mol. The van der Waals surface area contributed by atoms with E-state index in [1.54, 1.807) is 36.4 Å². The van der Waals surface area contributed by atoms with Gasteiger partial charge >= 0.3 is 5.97 Å². The Morgan fingerprint density at radius 2 is 1.76 bits per heavy atom. The van der Waals surface area contributed by atoms with Gasteiger partial charge in [0.15, 0.2) is 0 Å². The number of aromatic nitrogens is 1. The molecule has 0 unspecified atom stereocenters. The topological polar surface area (TPSA) is 99.3 Å². The minimum atomic E-state index is -4.03. The molecule has 0 aliphatic carbocycles. The van der Waals surface area contributed by atoms with Crippen LogP contribution >= 0.6 is 11.6 Å². The lowest BCUT2D eigenvalue weighted by Gasteiger charge is -2.10. The number of sulfonamides is 1. The SMILES string of the molecule is O=C(O)c1cccc(C#Cc2cccc(NS(=O)(=O)c3ccc(F)c(Cl)c3)c2)c1-c1ccc2cc[nH]c2c1. The van der Waals surface area contributed by atoms with Gasteiger partial charge in [0.25, 0.3) is 10.0 Å². The fraction of sp³-hybridized carbons (Fsp3) is 0. The number of fused-ring (bicyclic) bond motifs is 1. The number of rotatable bonds is 5. The molecule has 1 aromatic heterocycles. The Labute approximate surface area is 222 Å². The summed E-state index contributed by atoms with van der Waals surface area (Å²) in [7, 11) is -4.03. The Morgan fingerprint density at radius 3 is 2.55 bits per heavy atom. The van der Waals surface area contributed by atoms with E-state index in [4.69, 9.17) is 11.6 Å². The highest BCUT2D eigenvalue weighted by Crippen LogP contribution is 2.30. The van der Waals surface area contributed by atoms with Gasteiger partial charge in [0, 0.05) is 28.4 Å². The van der Waals surface area contributed by atoms with Crippen LogP contribution in [-0.2, 0) is 10.0 Å². The third-order valence-corrected chi connectivity index (χ3v) is 7.46. The highest BCUT2D eigenvalue weighted by Gasteiger charge is 2.17. The number of nitrogens with one attached hydrogen (secondary N) is 2. The van der Waals surface area contributed by atoms with Crippen LogP contribution in [0.15, 0.2) is 96.0 Å². The molecule has 0 aliphatic rings. The van der Waals surface area contributed by atoms with Crippen molar-refractivity contribution >= 4 is 44.2 Å². The number of carboxylic acid groups (broad SMARTS) is 1. The van der Waals surface area contributed by atoms with Crippen molar-refractivity contribution < 1.29 is 22.7 Å². The molecule has 38 heavy (non-hydrogen) atoms. The summed E-state index contributed by atoms with van der Waals surface area (Å²) < 4.78 is 41.4. The molecule has 0 spiro atoms. The van der Waals surface area contributed by atoms with Crippen molar-refractivity contribution in [1.29, 1.82) is 0 Å². The van der Waals surface area contributed by atoms with Crippen LogP contribution in [0.4, 0.5) is 10.1 Å². The van der Waals surface area contributed by atoms with E-state index < -0.39 is 21.8 Å². The Kier molecular flexibility index (Phi) is 6.64. The summed E-state index contributed by atoms with van der Waals surface area (Å²) in [6.07, 6.45) is 1.81. The molecule has 3 N–H and O–H groups in total. The van der Waals surface area contributed by atoms with Gasteiger partial charge in [-0.25, -0.2) is 17.6 Å². The van der Waals surface area contributed by atoms with E-state index in [0.717, 1.165) is 29.1 Å². The molecule has 0 saturated carbocycles. The largest absolute Gasteiger partial charge is 0.478 e. The van der Waals surface area contributed by atoms with Crippen molar-refractivity contribution in [2.45, 2.75) is 4.90 Å². The van der Waals surface area contributed by atoms with Crippen molar-refractivity contribution in [3.05, 3.63) is 119 Å². The van der Waals surface area contributed by atoms with Crippen LogP contribution in [0, 0.1) is 17.7 Å². The normalized spacial score (nSPS) is 11.1. The first-order chi connectivity index (χ1) is 18.2. The molecular weight excluding hydrogens is 527 g/mol. The zero-order valence-electron chi connectivity index (χ0n) is 19.5. The molecule has 0 aliphatic heterocycles. The monoisotopic (exact) mass is 544 g/mol. The third-order valence-electron chi connectivity index (χ3n) is 5.80. The van der Waals surface area contributed by atoms with Crippen LogP contribution in [0.1, 0.15) is 21.5 Å². The lowest BCUT2D eigenvalue weighted by atomic mass is 9.93. The van der Waals surface area contributed by atoms with Gasteiger partial charge in [-0.3, -0.25) is 4.72 Å². The molecule has 0 atom stereocenters. The third kappa shape index (κ3) is 5.11. The first kappa shape index (κ1) is 25.1. The standard InChI is InChI=1S/C29H18ClFN2O4S/c30-25-17-23(11-12-26(25)31)38(36,37)33-22-5-1-3-18(15-22)7-8-20-4-2-6-24(29(34)35)28(20)21-10-9-19-13-14-32-27(19)16-21/h1-6,9-17,32-33H,(H,34,35). The Bertz CT molecular complexity index is 1890. The summed E-state index contributed by atoms with van der Waals surface area (Å²) in [5, 5.41) is 10.5. The molecule has 0 radical (unpaired) electrons. The highest BCUT2D eigenvalue weighted by atomic mass is 35.5. The van der Waals surface area contributed by atoms with Gasteiger partial charge in [0.1, 0.15) is 5.82 Å². The summed E-state index contributed by atoms with van der Waals surface area (Å²) in [5.41, 5.74) is 3.40. The number of anilines is 1. The van der Waals surface area contributed by atoms with E-state index in [9.17, 15) is 22.7 Å². The molecule has 188 valence electrons. The van der Waals surface area contributed by atoms with Gasteiger partial charge in [0.05, 0.1) is 21.2 Å². The molecule has 6 nitrogen and oxygen atoms in total. The van der Waals surface area contributed by atoms with Crippen LogP contribution in [-0.4, -0.2) is 24.5 Å². The minimum absolute atomic E-state index is 0.113. The van der Waals surface area contributed by atoms with Crippen molar-refractivity contribution in [3.63, 3.8) is 0 Å². The summed E-state index contributed by atoms with van der Waals surface area (Å²) in [4.78, 5) is 15.0. The minimum Gasteiger partial charge on any atom is -0.478 e. The van der Waals surface area contributed by atoms with Crippen LogP contribution in [0.5, 0.6) is 0 Å². The molecule has 5 aromatic rings. The zero-order valence-corrected chi connectivity index (χ0v) is 21.1. The quantitative estimate of drug-likeness (QED) is 0.219. The Hall–Kier alpha value is -4.58. The number of carboxylic acids is 1. The van der Waals surface area contributed by atoms with Crippen molar-refractivity contribution in [2.24, 2.45) is 0 Å². The fourth-order valence-corrected chi connectivity index (χ4v) is 5.33. The number of aromatic carboxylic acids is 1. The molecule has 5 rings (SSSR count). The lowest BCUT2D eigenvalue weighted by Crippen LogP contribution is -2.13. The molecule has 1 heterocycles. The van der Waals surface area contributed by atoms with Crippen molar-refractivity contribution in [3.8, 4) is 23.0 Å². The van der Waals surface area contributed by atoms with Gasteiger partial charge in [0.2, 0.25) is 0 Å². The first-order valence-electron chi connectivity index (χ1n) is 11.2. The second-order valence-corrected chi connectivity index (χ2v) is 10.4. The van der Waals surface area contributed by atoms with Crippen molar-refractivity contribution in [1.82, 2.24) is 4.98 Å². The summed E-state index contributed by atoms with van der Waals surface area (Å²) in [5.74, 6) is 4.24. The second-order valence-electron chi connectivity index (χ2n) is 8.33. The van der Waals surface area contributed by atoms with E-state index in [1.165, 1.54) is 6.07 Å². The Morgan fingerprint density at radius 1 is 0.947 bits per heavy atom. The van der Waals surface area contributed by atoms with E-state index in [-0.39, 0.29) is 21.2 Å². The van der Waals surface area contributed by atoms with E-state index in [2.05, 4.69) is 21.5 Å². The van der Waals surface area contributed by atoms with E-state index in [1.807, 2.05) is 30.5 Å². The lowest BCUT2D eigenvalue weighted by molar-refractivity contribution is 0.0697. The molecule has 4 aromatic carbocycles. The molecular formula is C29H18ClFN2O4S. The molecule has 0 saturated heterocycles. The van der Waals surface area contributed by atoms with Crippen LogP contribution in [0.3, 0.4) is 0 Å². The summed E-state index contributed by atoms with van der Waals surface area (Å²) in [6, 6.07) is 22.0. The van der Waals surface area contributed by atoms with Gasteiger partial charge in [-0.05, 0) is 71.6 Å². The molecule has 0 amide bonds. The maximum atomic E-state index is 13.5. The smallest absolute Gasteiger partial charge is 0.336 e. The number of H-pyrrole nitrogens is 1. The van der Waals surface area contributed by atoms with Gasteiger partial charge in [-0.15, -0.1) is 0 Å². The Balaban J connectivity index is 1.50. The van der Waals surface area contributed by atoms with Crippen LogP contribution in [0.2, 0.25) is 5.02 Å². The van der Waals surface area contributed by atoms with E-state index in [0.29, 0.717) is 22.3 Å². The van der Waals surface area contributed by atoms with Gasteiger partial charge in [-0.2, -0.15) is 0 Å². The fourth-order valence-electron chi connectivity index (χ4n) is 4.01. The summed E-state index contributed by atoms with van der Waals surface area (Å²) in [6.45, 7) is 0. The average molecular weight is 545 g/mol. The van der Waals surface area contributed by atoms with Gasteiger partial charge in [-0.1, -0.05) is 47.7 Å². The van der Waals surface area contributed by atoms with Crippen LogP contribution in [0.25, 0.3) is 22.0 Å². The number of benzene rings is 4. The van der Waals surface area contributed by atoms with Gasteiger partial charge < -0.3 is 10.1 Å². The number of aromatic amines is 1. The number of halogens is 2. The number of carbonyl (C=O) groups is 1. The number of hydrogen-bond acceptors (Lipinski definition) is 3. The van der Waals surface area contributed by atoms with Crippen molar-refractivity contribution in [2.75, 3.05) is 4.72 Å². The predicted octanol–water partition coefficient (Wildman–Crippen LogP) is 6.53. The van der Waals surface area contributed by atoms with Crippen LogP contribution < -0.4 is 4.72 Å². The maximum Gasteiger partial charge on any atom is 0.336 e.